The largest absolute Gasteiger partial charge is 0.469 e. The second-order valence-corrected chi connectivity index (χ2v) is 7.78. The second kappa shape index (κ2) is 11.0. The first kappa shape index (κ1) is 21.4. The van der Waals surface area contributed by atoms with Crippen LogP contribution in [0.5, 0.6) is 0 Å². The molecule has 0 aliphatic carbocycles. The van der Waals surface area contributed by atoms with Crippen LogP contribution in [0.4, 0.5) is 5.69 Å². The van der Waals surface area contributed by atoms with Gasteiger partial charge in [-0.15, -0.1) is 0 Å². The fourth-order valence-electron chi connectivity index (χ4n) is 4.20. The number of ether oxygens (including phenoxy) is 1. The Morgan fingerprint density at radius 3 is 2.41 bits per heavy atom. The predicted molar refractivity (Wildman–Crippen MR) is 117 cm³/mol. The average molecular weight is 402 g/mol. The summed E-state index contributed by atoms with van der Waals surface area (Å²) in [6.45, 7) is 8.14. The maximum Gasteiger partial charge on any atom is 0.308 e. The van der Waals surface area contributed by atoms with E-state index in [9.17, 15) is 4.79 Å². The van der Waals surface area contributed by atoms with Crippen molar-refractivity contribution < 1.29 is 9.53 Å². The fourth-order valence-corrected chi connectivity index (χ4v) is 4.20. The average Bonchev–Trinajstić information content (AvgIpc) is 2.80. The molecule has 2 heterocycles. The topological polar surface area (TPSA) is 60.4 Å². The molecule has 0 amide bonds. The number of benzene rings is 1. The molecule has 2 aliphatic heterocycles. The number of hydrogen-bond donors (Lipinski definition) is 1. The number of hydrogen-bond acceptors (Lipinski definition) is 5. The van der Waals surface area contributed by atoms with Crippen LogP contribution in [0.1, 0.15) is 19.3 Å². The number of anilines is 1. The lowest BCUT2D eigenvalue weighted by Crippen LogP contribution is -2.48. The molecule has 0 spiro atoms. The molecule has 0 aromatic heterocycles. The first-order chi connectivity index (χ1) is 14.2. The van der Waals surface area contributed by atoms with Gasteiger partial charge in [-0.25, -0.2) is 0 Å². The second-order valence-electron chi connectivity index (χ2n) is 7.78. The van der Waals surface area contributed by atoms with E-state index >= 15 is 0 Å². The molecule has 1 aromatic rings. The van der Waals surface area contributed by atoms with Gasteiger partial charge < -0.3 is 19.9 Å². The van der Waals surface area contributed by atoms with Gasteiger partial charge in [0.15, 0.2) is 5.96 Å². The van der Waals surface area contributed by atoms with E-state index in [1.54, 1.807) is 0 Å². The summed E-state index contributed by atoms with van der Waals surface area (Å²) >= 11 is 0. The van der Waals surface area contributed by atoms with Crippen LogP contribution in [0, 0.1) is 5.92 Å². The Kier molecular flexibility index (Phi) is 8.16. The molecule has 0 atom stereocenters. The summed E-state index contributed by atoms with van der Waals surface area (Å²) in [6, 6.07) is 10.7. The van der Waals surface area contributed by atoms with E-state index < -0.39 is 0 Å². The van der Waals surface area contributed by atoms with Crippen molar-refractivity contribution in [3.63, 3.8) is 0 Å². The van der Waals surface area contributed by atoms with Crippen molar-refractivity contribution in [1.82, 2.24) is 15.1 Å². The van der Waals surface area contributed by atoms with E-state index in [0.29, 0.717) is 0 Å². The van der Waals surface area contributed by atoms with Gasteiger partial charge >= 0.3 is 5.97 Å². The normalized spacial score (nSPS) is 19.3. The molecule has 7 nitrogen and oxygen atoms in total. The van der Waals surface area contributed by atoms with E-state index in [1.807, 2.05) is 7.05 Å². The van der Waals surface area contributed by atoms with E-state index in [0.717, 1.165) is 77.6 Å². The Morgan fingerprint density at radius 2 is 1.79 bits per heavy atom. The molecule has 1 aromatic carbocycles. The lowest BCUT2D eigenvalue weighted by molar-refractivity contribution is -0.146. The molecule has 0 bridgehead atoms. The summed E-state index contributed by atoms with van der Waals surface area (Å²) in [7, 11) is 3.30. The monoisotopic (exact) mass is 401 g/mol. The van der Waals surface area contributed by atoms with Crippen LogP contribution >= 0.6 is 0 Å². The Hall–Kier alpha value is -2.28. The summed E-state index contributed by atoms with van der Waals surface area (Å²) < 4.78 is 4.87. The SMILES string of the molecule is CN=C(NCCCN1CCN(c2ccccc2)CC1)N1CCC(C(=O)OC)CC1. The molecule has 29 heavy (non-hydrogen) atoms. The van der Waals surface area contributed by atoms with E-state index in [4.69, 9.17) is 4.74 Å². The van der Waals surface area contributed by atoms with E-state index in [-0.39, 0.29) is 11.9 Å². The van der Waals surface area contributed by atoms with Crippen molar-refractivity contribution >= 4 is 17.6 Å². The highest BCUT2D eigenvalue weighted by atomic mass is 16.5. The Morgan fingerprint density at radius 1 is 1.10 bits per heavy atom. The summed E-state index contributed by atoms with van der Waals surface area (Å²) in [6.07, 6.45) is 2.76. The number of methoxy groups -OCH3 is 1. The van der Waals surface area contributed by atoms with Crippen molar-refractivity contribution in [1.29, 1.82) is 0 Å². The molecule has 7 heteroatoms. The van der Waals surface area contributed by atoms with Gasteiger partial charge in [-0.3, -0.25) is 14.7 Å². The number of guanidine groups is 1. The Labute approximate surface area is 174 Å². The molecule has 0 radical (unpaired) electrons. The Balaban J connectivity index is 1.31. The number of rotatable bonds is 6. The number of nitrogens with zero attached hydrogens (tertiary/aromatic N) is 4. The maximum atomic E-state index is 11.7. The number of nitrogens with one attached hydrogen (secondary N) is 1. The zero-order valence-corrected chi connectivity index (χ0v) is 17.8. The van der Waals surface area contributed by atoms with Crippen LogP contribution < -0.4 is 10.2 Å². The quantitative estimate of drug-likeness (QED) is 0.339. The van der Waals surface area contributed by atoms with Crippen LogP contribution in [-0.4, -0.2) is 88.2 Å². The fraction of sp³-hybridized carbons (Fsp3) is 0.636. The lowest BCUT2D eigenvalue weighted by Gasteiger charge is -2.36. The lowest BCUT2D eigenvalue weighted by atomic mass is 9.97. The molecule has 2 saturated heterocycles. The van der Waals surface area contributed by atoms with Gasteiger partial charge in [-0.2, -0.15) is 0 Å². The molecule has 2 aliphatic rings. The van der Waals surface area contributed by atoms with E-state index in [1.165, 1.54) is 12.8 Å². The third-order valence-electron chi connectivity index (χ3n) is 5.97. The smallest absolute Gasteiger partial charge is 0.308 e. The molecule has 3 rings (SSSR count). The van der Waals surface area contributed by atoms with Crippen LogP contribution in [0.2, 0.25) is 0 Å². The number of esters is 1. The summed E-state index contributed by atoms with van der Waals surface area (Å²) in [4.78, 5) is 23.4. The van der Waals surface area contributed by atoms with Crippen LogP contribution in [-0.2, 0) is 9.53 Å². The summed E-state index contributed by atoms with van der Waals surface area (Å²) in [5, 5.41) is 3.49. The van der Waals surface area contributed by atoms with Gasteiger partial charge in [0.1, 0.15) is 0 Å². The first-order valence-corrected chi connectivity index (χ1v) is 10.8. The van der Waals surface area contributed by atoms with Crippen molar-refractivity contribution in [3.05, 3.63) is 30.3 Å². The number of aliphatic imine (C=N–C) groups is 1. The van der Waals surface area contributed by atoms with Crippen LogP contribution in [0.25, 0.3) is 0 Å². The molecule has 160 valence electrons. The van der Waals surface area contributed by atoms with Crippen molar-refractivity contribution in [2.45, 2.75) is 19.3 Å². The van der Waals surface area contributed by atoms with Crippen LogP contribution in [0.15, 0.2) is 35.3 Å². The minimum absolute atomic E-state index is 0.0314. The van der Waals surface area contributed by atoms with Crippen molar-refractivity contribution in [3.8, 4) is 0 Å². The number of piperidine rings is 1. The first-order valence-electron chi connectivity index (χ1n) is 10.8. The highest BCUT2D eigenvalue weighted by molar-refractivity contribution is 5.80. The van der Waals surface area contributed by atoms with Gasteiger partial charge in [-0.05, 0) is 37.9 Å². The zero-order chi connectivity index (χ0) is 20.5. The predicted octanol–water partition coefficient (Wildman–Crippen LogP) is 1.66. The van der Waals surface area contributed by atoms with Crippen molar-refractivity contribution in [2.24, 2.45) is 10.9 Å². The molecule has 0 unspecified atom stereocenters. The highest BCUT2D eigenvalue weighted by Gasteiger charge is 2.26. The molecular weight excluding hydrogens is 366 g/mol. The third kappa shape index (κ3) is 6.10. The number of carbonyl (C=O) groups is 1. The number of likely N-dealkylation sites (tertiary alicyclic amines) is 1. The molecule has 1 N–H and O–H groups in total. The number of carbonyl (C=O) groups excluding carboxylic acids is 1. The molecule has 0 saturated carbocycles. The van der Waals surface area contributed by atoms with Gasteiger partial charge in [-0.1, -0.05) is 18.2 Å². The minimum atomic E-state index is -0.0834. The van der Waals surface area contributed by atoms with Gasteiger partial charge in [0, 0.05) is 58.5 Å². The van der Waals surface area contributed by atoms with Gasteiger partial charge in [0.2, 0.25) is 0 Å². The molecule has 2 fully saturated rings. The maximum absolute atomic E-state index is 11.7. The summed E-state index contributed by atoms with van der Waals surface area (Å²) in [5.41, 5.74) is 1.33. The van der Waals surface area contributed by atoms with Gasteiger partial charge in [0.25, 0.3) is 0 Å². The highest BCUT2D eigenvalue weighted by Crippen LogP contribution is 2.18. The summed E-state index contributed by atoms with van der Waals surface area (Å²) in [5.74, 6) is 0.895. The van der Waals surface area contributed by atoms with Crippen LogP contribution in [0.3, 0.4) is 0 Å². The molecular formula is C22H35N5O2. The Bertz CT molecular complexity index is 650. The standard InChI is InChI=1S/C22H35N5O2/c1-23-22(27-13-9-19(10-14-27)21(28)29-2)24-11-6-12-25-15-17-26(18-16-25)20-7-4-3-5-8-20/h3-5,7-8,19H,6,9-18H2,1-2H3,(H,23,24). The number of para-hydroxylation sites is 1. The van der Waals surface area contributed by atoms with Crippen molar-refractivity contribution in [2.75, 3.05) is 71.4 Å². The van der Waals surface area contributed by atoms with Gasteiger partial charge in [0.05, 0.1) is 13.0 Å². The third-order valence-corrected chi connectivity index (χ3v) is 5.97. The zero-order valence-electron chi connectivity index (χ0n) is 17.8. The number of piperazine rings is 1. The van der Waals surface area contributed by atoms with E-state index in [2.05, 4.69) is 55.3 Å². The minimum Gasteiger partial charge on any atom is -0.469 e.